The first-order valence-electron chi connectivity index (χ1n) is 5.97. The lowest BCUT2D eigenvalue weighted by Gasteiger charge is -2.26. The van der Waals surface area contributed by atoms with E-state index in [1.54, 1.807) is 0 Å². The van der Waals surface area contributed by atoms with Crippen LogP contribution < -0.4 is 10.6 Å². The van der Waals surface area contributed by atoms with E-state index >= 15 is 0 Å². The summed E-state index contributed by atoms with van der Waals surface area (Å²) in [5.74, 6) is 0. The van der Waals surface area contributed by atoms with Gasteiger partial charge in [-0.25, -0.2) is 0 Å². The first-order chi connectivity index (χ1) is 7.36. The van der Waals surface area contributed by atoms with Gasteiger partial charge in [-0.15, -0.1) is 0 Å². The molecule has 1 aliphatic heterocycles. The van der Waals surface area contributed by atoms with Gasteiger partial charge < -0.3 is 10.6 Å². The van der Waals surface area contributed by atoms with Gasteiger partial charge in [0.15, 0.2) is 0 Å². The Morgan fingerprint density at radius 3 is 2.67 bits per heavy atom. The Morgan fingerprint density at radius 2 is 1.87 bits per heavy atom. The van der Waals surface area contributed by atoms with Crippen LogP contribution in [0.1, 0.15) is 37.3 Å². The Labute approximate surface area is 91.1 Å². The average molecular weight is 202 g/mol. The summed E-state index contributed by atoms with van der Waals surface area (Å²) in [5.41, 5.74) is 8.89. The molecule has 1 aromatic rings. The number of nitrogens with zero attached hydrogens (tertiary/aromatic N) is 1. The summed E-state index contributed by atoms with van der Waals surface area (Å²) in [5, 5.41) is 0. The molecule has 2 heteroatoms. The molecule has 15 heavy (non-hydrogen) atoms. The highest BCUT2D eigenvalue weighted by atomic mass is 15.2. The van der Waals surface area contributed by atoms with Crippen molar-refractivity contribution in [2.24, 2.45) is 5.73 Å². The normalized spacial score (nSPS) is 25.9. The van der Waals surface area contributed by atoms with Crippen LogP contribution in [0.2, 0.25) is 0 Å². The van der Waals surface area contributed by atoms with E-state index in [0.29, 0.717) is 0 Å². The number of anilines is 1. The highest BCUT2D eigenvalue weighted by Crippen LogP contribution is 2.38. The van der Waals surface area contributed by atoms with E-state index in [4.69, 9.17) is 5.73 Å². The van der Waals surface area contributed by atoms with E-state index in [2.05, 4.69) is 29.2 Å². The number of para-hydroxylation sites is 1. The first-order valence-corrected chi connectivity index (χ1v) is 5.97. The molecule has 0 aromatic heterocycles. The van der Waals surface area contributed by atoms with Crippen molar-refractivity contribution < 1.29 is 0 Å². The largest absolute Gasteiger partial charge is 0.366 e. The van der Waals surface area contributed by atoms with E-state index in [-0.39, 0.29) is 6.04 Å². The molecule has 1 atom stereocenters. The second-order valence-electron chi connectivity index (χ2n) is 4.76. The predicted molar refractivity (Wildman–Crippen MR) is 63.0 cm³/mol. The first kappa shape index (κ1) is 9.22. The van der Waals surface area contributed by atoms with Gasteiger partial charge in [0, 0.05) is 24.3 Å². The lowest BCUT2D eigenvalue weighted by atomic mass is 10.1. The Hall–Kier alpha value is -1.02. The SMILES string of the molecule is N[C@@H]1CN(C2CCCC2)c2ccccc21. The molecule has 1 aliphatic carbocycles. The second kappa shape index (κ2) is 3.53. The number of hydrogen-bond acceptors (Lipinski definition) is 2. The van der Waals surface area contributed by atoms with Crippen molar-refractivity contribution in [2.75, 3.05) is 11.4 Å². The number of benzene rings is 1. The lowest BCUT2D eigenvalue weighted by Crippen LogP contribution is -2.33. The van der Waals surface area contributed by atoms with Gasteiger partial charge in [0.25, 0.3) is 0 Å². The third-order valence-electron chi connectivity index (χ3n) is 3.80. The Kier molecular flexibility index (Phi) is 2.17. The molecule has 1 saturated carbocycles. The maximum absolute atomic E-state index is 6.16. The van der Waals surface area contributed by atoms with Crippen molar-refractivity contribution in [3.63, 3.8) is 0 Å². The molecule has 0 radical (unpaired) electrons. The molecule has 1 heterocycles. The van der Waals surface area contributed by atoms with Crippen molar-refractivity contribution in [2.45, 2.75) is 37.8 Å². The molecular formula is C13H18N2. The van der Waals surface area contributed by atoms with Gasteiger partial charge in [0.05, 0.1) is 0 Å². The smallest absolute Gasteiger partial charge is 0.0493 e. The maximum atomic E-state index is 6.16. The van der Waals surface area contributed by atoms with Gasteiger partial charge >= 0.3 is 0 Å². The minimum atomic E-state index is 0.224. The zero-order chi connectivity index (χ0) is 10.3. The quantitative estimate of drug-likeness (QED) is 0.758. The van der Waals surface area contributed by atoms with Crippen LogP contribution >= 0.6 is 0 Å². The monoisotopic (exact) mass is 202 g/mol. The maximum Gasteiger partial charge on any atom is 0.0493 e. The fraction of sp³-hybridized carbons (Fsp3) is 0.538. The van der Waals surface area contributed by atoms with Crippen molar-refractivity contribution >= 4 is 5.69 Å². The number of rotatable bonds is 1. The molecule has 2 nitrogen and oxygen atoms in total. The summed E-state index contributed by atoms with van der Waals surface area (Å²) in [7, 11) is 0. The van der Waals surface area contributed by atoms with E-state index in [0.717, 1.165) is 12.6 Å². The standard InChI is InChI=1S/C13H18N2/c14-12-9-15(10-5-1-2-6-10)13-8-4-3-7-11(12)13/h3-4,7-8,10,12H,1-2,5-6,9,14H2/t12-/m1/s1. The highest BCUT2D eigenvalue weighted by molar-refractivity contribution is 5.60. The number of fused-ring (bicyclic) bond motifs is 1. The molecule has 1 fully saturated rings. The highest BCUT2D eigenvalue weighted by Gasteiger charge is 2.31. The van der Waals surface area contributed by atoms with E-state index in [1.165, 1.54) is 36.9 Å². The van der Waals surface area contributed by atoms with Crippen LogP contribution in [0.4, 0.5) is 5.69 Å². The van der Waals surface area contributed by atoms with Crippen LogP contribution in [0, 0.1) is 0 Å². The van der Waals surface area contributed by atoms with E-state index < -0.39 is 0 Å². The van der Waals surface area contributed by atoms with Gasteiger partial charge in [-0.2, -0.15) is 0 Å². The zero-order valence-electron chi connectivity index (χ0n) is 9.02. The summed E-state index contributed by atoms with van der Waals surface area (Å²) in [6.07, 6.45) is 5.47. The molecule has 0 bridgehead atoms. The van der Waals surface area contributed by atoms with Crippen molar-refractivity contribution in [3.8, 4) is 0 Å². The summed E-state index contributed by atoms with van der Waals surface area (Å²) in [4.78, 5) is 2.53. The van der Waals surface area contributed by atoms with Gasteiger partial charge in [0.2, 0.25) is 0 Å². The van der Waals surface area contributed by atoms with Crippen LogP contribution in [0.25, 0.3) is 0 Å². The molecule has 80 valence electrons. The van der Waals surface area contributed by atoms with Gasteiger partial charge in [-0.1, -0.05) is 31.0 Å². The van der Waals surface area contributed by atoms with Crippen molar-refractivity contribution in [3.05, 3.63) is 29.8 Å². The Morgan fingerprint density at radius 1 is 1.13 bits per heavy atom. The summed E-state index contributed by atoms with van der Waals surface area (Å²) < 4.78 is 0. The van der Waals surface area contributed by atoms with Crippen LogP contribution in [-0.2, 0) is 0 Å². The topological polar surface area (TPSA) is 29.3 Å². The second-order valence-corrected chi connectivity index (χ2v) is 4.76. The predicted octanol–water partition coefficient (Wildman–Crippen LogP) is 2.45. The minimum Gasteiger partial charge on any atom is -0.366 e. The van der Waals surface area contributed by atoms with Crippen LogP contribution in [0.15, 0.2) is 24.3 Å². The van der Waals surface area contributed by atoms with Crippen LogP contribution in [-0.4, -0.2) is 12.6 Å². The Bertz CT molecular complexity index is 355. The fourth-order valence-corrected chi connectivity index (χ4v) is 3.03. The molecule has 1 aromatic carbocycles. The zero-order valence-corrected chi connectivity index (χ0v) is 9.02. The third-order valence-corrected chi connectivity index (χ3v) is 3.80. The van der Waals surface area contributed by atoms with Gasteiger partial charge in [-0.3, -0.25) is 0 Å². The van der Waals surface area contributed by atoms with Crippen molar-refractivity contribution in [1.29, 1.82) is 0 Å². The molecule has 0 spiro atoms. The van der Waals surface area contributed by atoms with Crippen LogP contribution in [0.3, 0.4) is 0 Å². The summed E-state index contributed by atoms with van der Waals surface area (Å²) in [6, 6.07) is 9.59. The molecule has 3 rings (SSSR count). The molecule has 0 saturated heterocycles. The molecule has 0 unspecified atom stereocenters. The lowest BCUT2D eigenvalue weighted by molar-refractivity contribution is 0.597. The minimum absolute atomic E-state index is 0.224. The van der Waals surface area contributed by atoms with Crippen molar-refractivity contribution in [1.82, 2.24) is 0 Å². The van der Waals surface area contributed by atoms with Gasteiger partial charge in [0.1, 0.15) is 0 Å². The average Bonchev–Trinajstić information content (AvgIpc) is 2.87. The third kappa shape index (κ3) is 1.44. The number of hydrogen-bond donors (Lipinski definition) is 1. The molecule has 0 amide bonds. The molecular weight excluding hydrogens is 184 g/mol. The number of nitrogens with two attached hydrogens (primary N) is 1. The van der Waals surface area contributed by atoms with E-state index in [1.807, 2.05) is 0 Å². The molecule has 2 N–H and O–H groups in total. The summed E-state index contributed by atoms with van der Waals surface area (Å²) >= 11 is 0. The van der Waals surface area contributed by atoms with Gasteiger partial charge in [-0.05, 0) is 24.5 Å². The summed E-state index contributed by atoms with van der Waals surface area (Å²) in [6.45, 7) is 1.02. The van der Waals surface area contributed by atoms with E-state index in [9.17, 15) is 0 Å². The fourth-order valence-electron chi connectivity index (χ4n) is 3.03. The molecule has 2 aliphatic rings. The Balaban J connectivity index is 1.93. The van der Waals surface area contributed by atoms with Crippen LogP contribution in [0.5, 0.6) is 0 Å².